The maximum absolute atomic E-state index is 10.7. The van der Waals surface area contributed by atoms with Crippen LogP contribution in [0.2, 0.25) is 0 Å². The van der Waals surface area contributed by atoms with Gasteiger partial charge in [-0.2, -0.15) is 0 Å². The molecule has 0 saturated heterocycles. The van der Waals surface area contributed by atoms with Crippen molar-refractivity contribution in [2.45, 2.75) is 32.0 Å². The third-order valence-electron chi connectivity index (χ3n) is 2.66. The molecule has 1 heterocycles. The number of hydrogen-bond donors (Lipinski definition) is 1. The van der Waals surface area contributed by atoms with E-state index in [-0.39, 0.29) is 6.54 Å². The fraction of sp³-hybridized carbons (Fsp3) is 0.636. The average Bonchev–Trinajstić information content (AvgIpc) is 3.01. The topological polar surface area (TPSA) is 75.8 Å². The van der Waals surface area contributed by atoms with Crippen molar-refractivity contribution in [3.05, 3.63) is 17.5 Å². The maximum atomic E-state index is 10.7. The molecule has 0 radical (unpaired) electrons. The lowest BCUT2D eigenvalue weighted by atomic mass is 10.3. The van der Waals surface area contributed by atoms with Crippen molar-refractivity contribution in [2.75, 3.05) is 13.7 Å². The summed E-state index contributed by atoms with van der Waals surface area (Å²) in [5, 5.41) is 12.7. The van der Waals surface area contributed by atoms with Crippen molar-refractivity contribution in [3.8, 4) is 0 Å². The van der Waals surface area contributed by atoms with Gasteiger partial charge in [-0.05, 0) is 12.8 Å². The fourth-order valence-corrected chi connectivity index (χ4v) is 1.78. The lowest BCUT2D eigenvalue weighted by Gasteiger charge is -2.17. The van der Waals surface area contributed by atoms with Crippen molar-refractivity contribution in [2.24, 2.45) is 0 Å². The predicted octanol–water partition coefficient (Wildman–Crippen LogP) is 0.870. The molecule has 1 N–H and O–H groups in total. The molecule has 0 spiro atoms. The van der Waals surface area contributed by atoms with E-state index in [2.05, 4.69) is 5.16 Å². The van der Waals surface area contributed by atoms with Crippen molar-refractivity contribution in [3.63, 3.8) is 0 Å². The number of aromatic nitrogens is 1. The molecular formula is C11H16N2O4. The molecule has 1 aromatic rings. The minimum atomic E-state index is -0.808. The largest absolute Gasteiger partial charge is 0.480 e. The molecule has 0 aliphatic heterocycles. The number of hydrogen-bond acceptors (Lipinski definition) is 5. The van der Waals surface area contributed by atoms with Gasteiger partial charge in [0.25, 0.3) is 0 Å². The van der Waals surface area contributed by atoms with E-state index in [0.717, 1.165) is 18.5 Å². The molecule has 2 rings (SSSR count). The Morgan fingerprint density at radius 2 is 2.47 bits per heavy atom. The molecule has 1 aromatic heterocycles. The second kappa shape index (κ2) is 5.29. The second-order valence-electron chi connectivity index (χ2n) is 4.25. The van der Waals surface area contributed by atoms with Gasteiger partial charge in [-0.3, -0.25) is 9.69 Å². The van der Waals surface area contributed by atoms with E-state index in [1.54, 1.807) is 13.2 Å². The van der Waals surface area contributed by atoms with Gasteiger partial charge in [0.05, 0.1) is 12.2 Å². The summed E-state index contributed by atoms with van der Waals surface area (Å²) in [5.41, 5.74) is 0.755. The van der Waals surface area contributed by atoms with Crippen LogP contribution in [0.1, 0.15) is 24.3 Å². The first-order valence-electron chi connectivity index (χ1n) is 5.58. The monoisotopic (exact) mass is 240 g/mol. The average molecular weight is 240 g/mol. The highest BCUT2D eigenvalue weighted by molar-refractivity contribution is 5.69. The Kier molecular flexibility index (Phi) is 3.75. The lowest BCUT2D eigenvalue weighted by Crippen LogP contribution is -2.31. The van der Waals surface area contributed by atoms with E-state index in [4.69, 9.17) is 14.4 Å². The molecule has 1 aliphatic carbocycles. The number of methoxy groups -OCH3 is 1. The molecule has 1 saturated carbocycles. The van der Waals surface area contributed by atoms with Crippen LogP contribution in [0.3, 0.4) is 0 Å². The molecule has 0 unspecified atom stereocenters. The van der Waals surface area contributed by atoms with Crippen LogP contribution >= 0.6 is 0 Å². The minimum Gasteiger partial charge on any atom is -0.480 e. The summed E-state index contributed by atoms with van der Waals surface area (Å²) in [6.07, 6.45) is 2.13. The van der Waals surface area contributed by atoms with Gasteiger partial charge in [0.15, 0.2) is 5.76 Å². The van der Waals surface area contributed by atoms with Gasteiger partial charge in [-0.25, -0.2) is 0 Å². The summed E-state index contributed by atoms with van der Waals surface area (Å²) in [6, 6.07) is 2.19. The maximum Gasteiger partial charge on any atom is 0.317 e. The second-order valence-corrected chi connectivity index (χ2v) is 4.25. The highest BCUT2D eigenvalue weighted by Crippen LogP contribution is 2.27. The van der Waals surface area contributed by atoms with Crippen LogP contribution in [-0.2, 0) is 22.7 Å². The Bertz CT molecular complexity index is 387. The zero-order valence-electron chi connectivity index (χ0n) is 9.76. The van der Waals surface area contributed by atoms with Crippen LogP contribution in [-0.4, -0.2) is 40.8 Å². The summed E-state index contributed by atoms with van der Waals surface area (Å²) in [4.78, 5) is 12.6. The quantitative estimate of drug-likeness (QED) is 0.762. The van der Waals surface area contributed by atoms with E-state index in [1.807, 2.05) is 4.90 Å². The Hall–Kier alpha value is -1.40. The molecular weight excluding hydrogens is 224 g/mol. The van der Waals surface area contributed by atoms with Crippen LogP contribution in [0.25, 0.3) is 0 Å². The van der Waals surface area contributed by atoms with Gasteiger partial charge < -0.3 is 14.4 Å². The van der Waals surface area contributed by atoms with Gasteiger partial charge in [0.2, 0.25) is 0 Å². The molecule has 1 aliphatic rings. The summed E-state index contributed by atoms with van der Waals surface area (Å²) in [6.45, 7) is 0.955. The SMILES string of the molecule is COCc1cc(CN(CC(=O)O)C2CC2)no1. The highest BCUT2D eigenvalue weighted by Gasteiger charge is 2.30. The zero-order chi connectivity index (χ0) is 12.3. The number of aliphatic carboxylic acids is 1. The van der Waals surface area contributed by atoms with E-state index in [9.17, 15) is 4.79 Å². The van der Waals surface area contributed by atoms with E-state index >= 15 is 0 Å². The number of carboxylic acid groups (broad SMARTS) is 1. The number of ether oxygens (including phenoxy) is 1. The van der Waals surface area contributed by atoms with Gasteiger partial charge >= 0.3 is 5.97 Å². The van der Waals surface area contributed by atoms with Crippen molar-refractivity contribution in [1.82, 2.24) is 10.1 Å². The first-order chi connectivity index (χ1) is 8.19. The zero-order valence-corrected chi connectivity index (χ0v) is 9.76. The van der Waals surface area contributed by atoms with E-state index in [1.165, 1.54) is 0 Å². The third kappa shape index (κ3) is 3.54. The van der Waals surface area contributed by atoms with E-state index in [0.29, 0.717) is 25.0 Å². The summed E-state index contributed by atoms with van der Waals surface area (Å²) in [5.74, 6) is -0.147. The summed E-state index contributed by atoms with van der Waals surface area (Å²) < 4.78 is 9.99. The van der Waals surface area contributed by atoms with Gasteiger partial charge in [-0.1, -0.05) is 5.16 Å². The Morgan fingerprint density at radius 1 is 1.71 bits per heavy atom. The molecule has 0 bridgehead atoms. The number of nitrogens with zero attached hydrogens (tertiary/aromatic N) is 2. The third-order valence-corrected chi connectivity index (χ3v) is 2.66. The predicted molar refractivity (Wildman–Crippen MR) is 58.3 cm³/mol. The highest BCUT2D eigenvalue weighted by atomic mass is 16.5. The first kappa shape index (κ1) is 12.1. The normalized spacial score (nSPS) is 15.4. The summed E-state index contributed by atoms with van der Waals surface area (Å²) >= 11 is 0. The molecule has 6 heteroatoms. The minimum absolute atomic E-state index is 0.0527. The molecule has 0 atom stereocenters. The molecule has 94 valence electrons. The molecule has 0 aromatic carbocycles. The van der Waals surface area contributed by atoms with E-state index < -0.39 is 5.97 Å². The molecule has 1 fully saturated rings. The van der Waals surface area contributed by atoms with Gasteiger partial charge in [0.1, 0.15) is 6.61 Å². The number of carboxylic acids is 1. The smallest absolute Gasteiger partial charge is 0.317 e. The Balaban J connectivity index is 1.93. The van der Waals surface area contributed by atoms with Crippen molar-refractivity contribution < 1.29 is 19.2 Å². The molecule has 6 nitrogen and oxygen atoms in total. The van der Waals surface area contributed by atoms with Crippen LogP contribution in [0.4, 0.5) is 0 Å². The number of carbonyl (C=O) groups is 1. The molecule has 0 amide bonds. The van der Waals surface area contributed by atoms with Crippen LogP contribution in [0.15, 0.2) is 10.6 Å². The van der Waals surface area contributed by atoms with Crippen LogP contribution in [0, 0.1) is 0 Å². The Labute approximate surface area is 99.1 Å². The number of rotatable bonds is 7. The Morgan fingerprint density at radius 3 is 3.06 bits per heavy atom. The lowest BCUT2D eigenvalue weighted by molar-refractivity contribution is -0.138. The molecule has 17 heavy (non-hydrogen) atoms. The van der Waals surface area contributed by atoms with Crippen molar-refractivity contribution >= 4 is 5.97 Å². The first-order valence-corrected chi connectivity index (χ1v) is 5.58. The van der Waals surface area contributed by atoms with Gasteiger partial charge in [-0.15, -0.1) is 0 Å². The van der Waals surface area contributed by atoms with Crippen LogP contribution < -0.4 is 0 Å². The standard InChI is InChI=1S/C11H16N2O4/c1-16-7-10-4-8(12-17-10)5-13(6-11(14)15)9-2-3-9/h4,9H,2-3,5-7H2,1H3,(H,14,15). The van der Waals surface area contributed by atoms with Crippen LogP contribution in [0.5, 0.6) is 0 Å². The van der Waals surface area contributed by atoms with Gasteiger partial charge in [0, 0.05) is 25.8 Å². The summed E-state index contributed by atoms with van der Waals surface area (Å²) in [7, 11) is 1.59. The fourth-order valence-electron chi connectivity index (χ4n) is 1.78. The van der Waals surface area contributed by atoms with Crippen molar-refractivity contribution in [1.29, 1.82) is 0 Å².